The normalized spacial score (nSPS) is 22.6. The summed E-state index contributed by atoms with van der Waals surface area (Å²) in [5.41, 5.74) is 0.190. The smallest absolute Gasteiger partial charge is 0.255 e. The first-order valence-electron chi connectivity index (χ1n) is 6.90. The molecular formula is C14H19ClN2O3S. The van der Waals surface area contributed by atoms with Gasteiger partial charge in [-0.1, -0.05) is 18.5 Å². The predicted octanol–water partition coefficient (Wildman–Crippen LogP) is 2.39. The number of primary sulfonamides is 1. The van der Waals surface area contributed by atoms with Crippen LogP contribution in [0.25, 0.3) is 0 Å². The average Bonchev–Trinajstić information content (AvgIpc) is 2.78. The first-order valence-corrected chi connectivity index (χ1v) is 8.83. The molecule has 1 aliphatic rings. The van der Waals surface area contributed by atoms with Crippen molar-refractivity contribution >= 4 is 27.5 Å². The van der Waals surface area contributed by atoms with E-state index in [0.717, 1.165) is 19.3 Å². The van der Waals surface area contributed by atoms with Gasteiger partial charge in [0.25, 0.3) is 5.91 Å². The van der Waals surface area contributed by atoms with Crippen molar-refractivity contribution in [3.63, 3.8) is 0 Å². The summed E-state index contributed by atoms with van der Waals surface area (Å²) in [6, 6.07) is 4.26. The van der Waals surface area contributed by atoms with Gasteiger partial charge in [-0.2, -0.15) is 0 Å². The van der Waals surface area contributed by atoms with E-state index in [1.165, 1.54) is 18.2 Å². The van der Waals surface area contributed by atoms with E-state index in [0.29, 0.717) is 0 Å². The van der Waals surface area contributed by atoms with E-state index >= 15 is 0 Å². The Balaban J connectivity index is 2.43. The fourth-order valence-electron chi connectivity index (χ4n) is 2.82. The van der Waals surface area contributed by atoms with Crippen LogP contribution in [0.4, 0.5) is 0 Å². The van der Waals surface area contributed by atoms with Crippen molar-refractivity contribution in [1.29, 1.82) is 0 Å². The van der Waals surface area contributed by atoms with Gasteiger partial charge < -0.3 is 4.90 Å². The van der Waals surface area contributed by atoms with E-state index in [9.17, 15) is 13.2 Å². The van der Waals surface area contributed by atoms with Crippen molar-refractivity contribution in [2.24, 2.45) is 5.14 Å². The molecule has 0 bridgehead atoms. The number of nitrogens with zero attached hydrogens (tertiary/aromatic N) is 1. The van der Waals surface area contributed by atoms with E-state index in [4.69, 9.17) is 16.7 Å². The molecule has 1 fully saturated rings. The van der Waals surface area contributed by atoms with Crippen molar-refractivity contribution in [2.45, 2.75) is 50.1 Å². The summed E-state index contributed by atoms with van der Waals surface area (Å²) in [6.45, 7) is 4.02. The second-order valence-corrected chi connectivity index (χ2v) is 7.36. The molecule has 1 heterocycles. The third-order valence-electron chi connectivity index (χ3n) is 3.99. The zero-order valence-electron chi connectivity index (χ0n) is 12.0. The van der Waals surface area contributed by atoms with Gasteiger partial charge in [-0.25, -0.2) is 13.6 Å². The van der Waals surface area contributed by atoms with E-state index in [1.54, 1.807) is 4.90 Å². The summed E-state index contributed by atoms with van der Waals surface area (Å²) in [5, 5.41) is 5.35. The van der Waals surface area contributed by atoms with Crippen molar-refractivity contribution in [3.05, 3.63) is 28.8 Å². The minimum absolute atomic E-state index is 0.102. The number of carbonyl (C=O) groups is 1. The standard InChI is InChI=1S/C14H19ClN2O3S/c1-3-10-5-4-9(2)17(10)14(18)12-8-11(21(16,19)20)6-7-13(12)15/h6-10H,3-5H2,1-2H3,(H2,16,19,20). The molecule has 116 valence electrons. The van der Waals surface area contributed by atoms with Crippen LogP contribution < -0.4 is 5.14 Å². The van der Waals surface area contributed by atoms with Crippen LogP contribution >= 0.6 is 11.6 Å². The van der Waals surface area contributed by atoms with Gasteiger partial charge in [-0.05, 0) is 44.4 Å². The predicted molar refractivity (Wildman–Crippen MR) is 81.8 cm³/mol. The van der Waals surface area contributed by atoms with Gasteiger partial charge in [-0.15, -0.1) is 0 Å². The maximum atomic E-state index is 12.7. The Bertz CT molecular complexity index is 660. The highest BCUT2D eigenvalue weighted by atomic mass is 35.5. The highest BCUT2D eigenvalue weighted by molar-refractivity contribution is 7.89. The molecule has 1 aromatic carbocycles. The molecule has 1 saturated heterocycles. The molecule has 2 atom stereocenters. The number of rotatable bonds is 3. The zero-order valence-corrected chi connectivity index (χ0v) is 13.6. The molecule has 21 heavy (non-hydrogen) atoms. The molecule has 7 heteroatoms. The topological polar surface area (TPSA) is 80.5 Å². The number of sulfonamides is 1. The second kappa shape index (κ2) is 5.94. The van der Waals surface area contributed by atoms with Gasteiger partial charge in [0.05, 0.1) is 15.5 Å². The third kappa shape index (κ3) is 3.22. The molecular weight excluding hydrogens is 312 g/mol. The summed E-state index contributed by atoms with van der Waals surface area (Å²) in [7, 11) is -3.86. The summed E-state index contributed by atoms with van der Waals surface area (Å²) < 4.78 is 22.9. The van der Waals surface area contributed by atoms with Crippen LogP contribution in [0.15, 0.2) is 23.1 Å². The number of benzene rings is 1. The maximum Gasteiger partial charge on any atom is 0.255 e. The lowest BCUT2D eigenvalue weighted by Crippen LogP contribution is -2.39. The summed E-state index contributed by atoms with van der Waals surface area (Å²) >= 11 is 6.08. The Kier molecular flexibility index (Phi) is 4.60. The Hall–Kier alpha value is -1.11. The first-order chi connectivity index (χ1) is 9.75. The Morgan fingerprint density at radius 3 is 2.67 bits per heavy atom. The largest absolute Gasteiger partial charge is 0.333 e. The summed E-state index contributed by atoms with van der Waals surface area (Å²) in [5.74, 6) is -0.234. The molecule has 0 aromatic heterocycles. The third-order valence-corrected chi connectivity index (χ3v) is 5.23. The van der Waals surface area contributed by atoms with Crippen LogP contribution in [0.3, 0.4) is 0 Å². The fraction of sp³-hybridized carbons (Fsp3) is 0.500. The monoisotopic (exact) mass is 330 g/mol. The lowest BCUT2D eigenvalue weighted by molar-refractivity contribution is 0.0676. The van der Waals surface area contributed by atoms with E-state index in [2.05, 4.69) is 0 Å². The number of likely N-dealkylation sites (tertiary alicyclic amines) is 1. The zero-order chi connectivity index (χ0) is 15.8. The average molecular weight is 331 g/mol. The Morgan fingerprint density at radius 2 is 2.10 bits per heavy atom. The van der Waals surface area contributed by atoms with Crippen molar-refractivity contribution in [3.8, 4) is 0 Å². The van der Waals surface area contributed by atoms with E-state index in [1.807, 2.05) is 13.8 Å². The quantitative estimate of drug-likeness (QED) is 0.924. The molecule has 2 rings (SSSR count). The van der Waals surface area contributed by atoms with Crippen molar-refractivity contribution < 1.29 is 13.2 Å². The van der Waals surface area contributed by atoms with Crippen LogP contribution in [-0.4, -0.2) is 31.3 Å². The Morgan fingerprint density at radius 1 is 1.43 bits per heavy atom. The molecule has 1 amide bonds. The van der Waals surface area contributed by atoms with Gasteiger partial charge in [0.2, 0.25) is 10.0 Å². The minimum atomic E-state index is -3.86. The highest BCUT2D eigenvalue weighted by Gasteiger charge is 2.34. The number of hydrogen-bond donors (Lipinski definition) is 1. The van der Waals surface area contributed by atoms with Crippen LogP contribution in [0, 0.1) is 0 Å². The molecule has 5 nitrogen and oxygen atoms in total. The van der Waals surface area contributed by atoms with E-state index < -0.39 is 10.0 Å². The molecule has 0 aliphatic carbocycles. The van der Waals surface area contributed by atoms with Gasteiger partial charge >= 0.3 is 0 Å². The lowest BCUT2D eigenvalue weighted by Gasteiger charge is -2.28. The SMILES string of the molecule is CCC1CCC(C)N1C(=O)c1cc(S(N)(=O)=O)ccc1Cl. The number of carbonyl (C=O) groups excluding carboxylic acids is 1. The molecule has 0 saturated carbocycles. The van der Waals surface area contributed by atoms with Gasteiger partial charge in [0, 0.05) is 12.1 Å². The summed E-state index contributed by atoms with van der Waals surface area (Å²) in [6.07, 6.45) is 2.76. The van der Waals surface area contributed by atoms with Crippen LogP contribution in [0.2, 0.25) is 5.02 Å². The Labute approximate surface area is 130 Å². The van der Waals surface area contributed by atoms with Crippen molar-refractivity contribution in [2.75, 3.05) is 0 Å². The molecule has 0 spiro atoms. The molecule has 0 radical (unpaired) electrons. The number of amides is 1. The molecule has 1 aliphatic heterocycles. The second-order valence-electron chi connectivity index (χ2n) is 5.39. The van der Waals surface area contributed by atoms with Crippen LogP contribution in [0.5, 0.6) is 0 Å². The number of hydrogen-bond acceptors (Lipinski definition) is 3. The minimum Gasteiger partial charge on any atom is -0.333 e. The number of halogens is 1. The molecule has 2 unspecified atom stereocenters. The summed E-state index contributed by atoms with van der Waals surface area (Å²) in [4.78, 5) is 14.4. The molecule has 2 N–H and O–H groups in total. The molecule has 1 aromatic rings. The van der Waals surface area contributed by atoms with Gasteiger partial charge in [0.1, 0.15) is 0 Å². The van der Waals surface area contributed by atoms with Gasteiger partial charge in [-0.3, -0.25) is 4.79 Å². The van der Waals surface area contributed by atoms with Crippen LogP contribution in [0.1, 0.15) is 43.5 Å². The number of nitrogens with two attached hydrogens (primary N) is 1. The fourth-order valence-corrected chi connectivity index (χ4v) is 3.56. The first kappa shape index (κ1) is 16.3. The maximum absolute atomic E-state index is 12.7. The van der Waals surface area contributed by atoms with Crippen molar-refractivity contribution in [1.82, 2.24) is 4.90 Å². The van der Waals surface area contributed by atoms with Crippen LogP contribution in [-0.2, 0) is 10.0 Å². The lowest BCUT2D eigenvalue weighted by atomic mass is 10.1. The van der Waals surface area contributed by atoms with E-state index in [-0.39, 0.29) is 33.5 Å². The highest BCUT2D eigenvalue weighted by Crippen LogP contribution is 2.30. The van der Waals surface area contributed by atoms with Gasteiger partial charge in [0.15, 0.2) is 0 Å².